The molecule has 21 heavy (non-hydrogen) atoms. The number of anilines is 1. The van der Waals surface area contributed by atoms with E-state index in [0.29, 0.717) is 23.0 Å². The Hall–Kier alpha value is -1.79. The lowest BCUT2D eigenvalue weighted by Gasteiger charge is -2.12. The molecule has 0 bridgehead atoms. The zero-order chi connectivity index (χ0) is 15.4. The molecule has 0 amide bonds. The molecule has 7 heteroatoms. The highest BCUT2D eigenvalue weighted by molar-refractivity contribution is 9.10. The Morgan fingerprint density at radius 3 is 2.71 bits per heavy atom. The summed E-state index contributed by atoms with van der Waals surface area (Å²) in [4.78, 5) is 10.4. The summed E-state index contributed by atoms with van der Waals surface area (Å²) in [6.45, 7) is 0.481. The van der Waals surface area contributed by atoms with Crippen LogP contribution in [0.4, 0.5) is 11.4 Å². The first-order valence-corrected chi connectivity index (χ1v) is 7.18. The van der Waals surface area contributed by atoms with Crippen molar-refractivity contribution in [3.63, 3.8) is 0 Å². The molecular weight excluding hydrogens is 360 g/mol. The molecule has 0 saturated heterocycles. The number of halogens is 2. The first kappa shape index (κ1) is 15.6. The number of ether oxygens (including phenoxy) is 1. The predicted octanol–water partition coefficient (Wildman–Crippen LogP) is 4.63. The van der Waals surface area contributed by atoms with Gasteiger partial charge in [-0.1, -0.05) is 33.6 Å². The van der Waals surface area contributed by atoms with Crippen molar-refractivity contribution in [2.75, 3.05) is 12.4 Å². The van der Waals surface area contributed by atoms with Crippen molar-refractivity contribution in [2.45, 2.75) is 6.54 Å². The molecular formula is C14H12BrClN2O3. The van der Waals surface area contributed by atoms with Gasteiger partial charge in [-0.25, -0.2) is 0 Å². The summed E-state index contributed by atoms with van der Waals surface area (Å²) < 4.78 is 6.07. The number of nitro benzene ring substituents is 1. The second kappa shape index (κ2) is 6.78. The summed E-state index contributed by atoms with van der Waals surface area (Å²) in [6.07, 6.45) is 0. The van der Waals surface area contributed by atoms with E-state index < -0.39 is 4.92 Å². The lowest BCUT2D eigenvalue weighted by molar-refractivity contribution is -0.384. The van der Waals surface area contributed by atoms with Crippen LogP contribution >= 0.6 is 27.5 Å². The number of nitro groups is 1. The number of nitrogens with one attached hydrogen (secondary N) is 1. The molecule has 0 saturated carbocycles. The normalized spacial score (nSPS) is 10.2. The van der Waals surface area contributed by atoms with Gasteiger partial charge in [0.2, 0.25) is 0 Å². The molecule has 0 fully saturated rings. The SMILES string of the molecule is COc1ccc([N+](=O)[O-])cc1NCc1ccc(Cl)cc1Br. The van der Waals surface area contributed by atoms with Gasteiger partial charge < -0.3 is 10.1 Å². The molecule has 0 atom stereocenters. The first-order valence-electron chi connectivity index (χ1n) is 6.01. The quantitative estimate of drug-likeness (QED) is 0.614. The topological polar surface area (TPSA) is 64.4 Å². The highest BCUT2D eigenvalue weighted by Gasteiger charge is 2.11. The molecule has 0 heterocycles. The van der Waals surface area contributed by atoms with E-state index in [-0.39, 0.29) is 5.69 Å². The number of rotatable bonds is 5. The lowest BCUT2D eigenvalue weighted by Crippen LogP contribution is -2.03. The fourth-order valence-electron chi connectivity index (χ4n) is 1.80. The lowest BCUT2D eigenvalue weighted by atomic mass is 10.2. The van der Waals surface area contributed by atoms with Crippen molar-refractivity contribution < 1.29 is 9.66 Å². The van der Waals surface area contributed by atoms with E-state index in [9.17, 15) is 10.1 Å². The molecule has 2 aromatic rings. The minimum atomic E-state index is -0.442. The third-order valence-electron chi connectivity index (χ3n) is 2.88. The van der Waals surface area contributed by atoms with Crippen LogP contribution in [0.25, 0.3) is 0 Å². The Balaban J connectivity index is 2.22. The number of benzene rings is 2. The molecule has 0 aliphatic rings. The van der Waals surface area contributed by atoms with Gasteiger partial charge >= 0.3 is 0 Å². The average Bonchev–Trinajstić information content (AvgIpc) is 2.46. The van der Waals surface area contributed by atoms with Gasteiger partial charge in [0.25, 0.3) is 5.69 Å². The van der Waals surface area contributed by atoms with E-state index in [2.05, 4.69) is 21.2 Å². The molecule has 2 aromatic carbocycles. The van der Waals surface area contributed by atoms with Crippen LogP contribution in [0.1, 0.15) is 5.56 Å². The van der Waals surface area contributed by atoms with Crippen molar-refractivity contribution in [2.24, 2.45) is 0 Å². The van der Waals surface area contributed by atoms with Crippen LogP contribution in [-0.4, -0.2) is 12.0 Å². The van der Waals surface area contributed by atoms with Gasteiger partial charge in [-0.15, -0.1) is 0 Å². The van der Waals surface area contributed by atoms with Crippen molar-refractivity contribution in [1.29, 1.82) is 0 Å². The number of non-ortho nitro benzene ring substituents is 1. The third kappa shape index (κ3) is 3.86. The maximum atomic E-state index is 10.8. The Bertz CT molecular complexity index is 679. The number of methoxy groups -OCH3 is 1. The van der Waals surface area contributed by atoms with Gasteiger partial charge in [0.1, 0.15) is 5.75 Å². The summed E-state index contributed by atoms with van der Waals surface area (Å²) in [7, 11) is 1.52. The Labute approximate surface area is 135 Å². The summed E-state index contributed by atoms with van der Waals surface area (Å²) in [5.74, 6) is 0.547. The standard InChI is InChI=1S/C14H12BrClN2O3/c1-21-14-5-4-11(18(19)20)7-13(14)17-8-9-2-3-10(16)6-12(9)15/h2-7,17H,8H2,1H3. The van der Waals surface area contributed by atoms with Gasteiger partial charge in [0.05, 0.1) is 17.7 Å². The van der Waals surface area contributed by atoms with Crippen LogP contribution in [0.15, 0.2) is 40.9 Å². The number of hydrogen-bond donors (Lipinski definition) is 1. The average molecular weight is 372 g/mol. The smallest absolute Gasteiger partial charge is 0.271 e. The second-order valence-electron chi connectivity index (χ2n) is 4.23. The van der Waals surface area contributed by atoms with Crippen LogP contribution < -0.4 is 10.1 Å². The van der Waals surface area contributed by atoms with Gasteiger partial charge in [0.15, 0.2) is 0 Å². The molecule has 0 aliphatic carbocycles. The van der Waals surface area contributed by atoms with Gasteiger partial charge in [0, 0.05) is 28.2 Å². The summed E-state index contributed by atoms with van der Waals surface area (Å²) >= 11 is 9.32. The monoisotopic (exact) mass is 370 g/mol. The molecule has 0 aliphatic heterocycles. The highest BCUT2D eigenvalue weighted by Crippen LogP contribution is 2.30. The Morgan fingerprint density at radius 1 is 1.33 bits per heavy atom. The molecule has 0 unspecified atom stereocenters. The summed E-state index contributed by atoms with van der Waals surface area (Å²) in [5, 5.41) is 14.6. The van der Waals surface area contributed by atoms with Gasteiger partial charge in [-0.3, -0.25) is 10.1 Å². The molecule has 5 nitrogen and oxygen atoms in total. The first-order chi connectivity index (χ1) is 10.0. The number of hydrogen-bond acceptors (Lipinski definition) is 4. The van der Waals surface area contributed by atoms with Crippen LogP contribution in [0, 0.1) is 10.1 Å². The second-order valence-corrected chi connectivity index (χ2v) is 5.52. The maximum Gasteiger partial charge on any atom is 0.271 e. The van der Waals surface area contributed by atoms with Crippen molar-refractivity contribution in [3.05, 3.63) is 61.6 Å². The third-order valence-corrected chi connectivity index (χ3v) is 3.85. The summed E-state index contributed by atoms with van der Waals surface area (Å²) in [6, 6.07) is 9.88. The van der Waals surface area contributed by atoms with Crippen molar-refractivity contribution in [3.8, 4) is 5.75 Å². The molecule has 0 aromatic heterocycles. The largest absolute Gasteiger partial charge is 0.495 e. The molecule has 110 valence electrons. The fourth-order valence-corrected chi connectivity index (χ4v) is 2.63. The van der Waals surface area contributed by atoms with E-state index in [1.54, 1.807) is 18.2 Å². The maximum absolute atomic E-state index is 10.8. The van der Waals surface area contributed by atoms with Crippen molar-refractivity contribution in [1.82, 2.24) is 0 Å². The van der Waals surface area contributed by atoms with Crippen LogP contribution in [-0.2, 0) is 6.54 Å². The fraction of sp³-hybridized carbons (Fsp3) is 0.143. The van der Waals surface area contributed by atoms with E-state index in [4.69, 9.17) is 16.3 Å². The van der Waals surface area contributed by atoms with Crippen LogP contribution in [0.5, 0.6) is 5.75 Å². The van der Waals surface area contributed by atoms with Crippen LogP contribution in [0.3, 0.4) is 0 Å². The molecule has 0 radical (unpaired) electrons. The Kier molecular flexibility index (Phi) is 5.03. The highest BCUT2D eigenvalue weighted by atomic mass is 79.9. The van der Waals surface area contributed by atoms with E-state index >= 15 is 0 Å². The van der Waals surface area contributed by atoms with Crippen molar-refractivity contribution >= 4 is 38.9 Å². The predicted molar refractivity (Wildman–Crippen MR) is 86.1 cm³/mol. The van der Waals surface area contributed by atoms with Crippen LogP contribution in [0.2, 0.25) is 5.02 Å². The van der Waals surface area contributed by atoms with E-state index in [1.165, 1.54) is 19.2 Å². The number of nitrogens with zero attached hydrogens (tertiary/aromatic N) is 1. The molecule has 1 N–H and O–H groups in total. The molecule has 2 rings (SSSR count). The Morgan fingerprint density at radius 2 is 2.10 bits per heavy atom. The molecule has 0 spiro atoms. The zero-order valence-electron chi connectivity index (χ0n) is 11.1. The minimum Gasteiger partial charge on any atom is -0.495 e. The summed E-state index contributed by atoms with van der Waals surface area (Å²) in [5.41, 5.74) is 1.55. The van der Waals surface area contributed by atoms with Gasteiger partial charge in [-0.2, -0.15) is 0 Å². The van der Waals surface area contributed by atoms with E-state index in [1.807, 2.05) is 6.07 Å². The van der Waals surface area contributed by atoms with Gasteiger partial charge in [-0.05, 0) is 23.8 Å². The minimum absolute atomic E-state index is 0.00784. The van der Waals surface area contributed by atoms with E-state index in [0.717, 1.165) is 10.0 Å². The zero-order valence-corrected chi connectivity index (χ0v) is 13.4.